The molecule has 8 bridgehead atoms. The molecule has 0 atom stereocenters. The van der Waals surface area contributed by atoms with Crippen molar-refractivity contribution < 1.29 is 28.8 Å². The van der Waals surface area contributed by atoms with Gasteiger partial charge in [-0.2, -0.15) is 0 Å². The molecular formula is C36H38N2O8. The van der Waals surface area contributed by atoms with E-state index in [1.165, 1.54) is 0 Å². The Kier molecular flexibility index (Phi) is 10.0. The maximum Gasteiger partial charge on any atom is 0.270 e. The van der Waals surface area contributed by atoms with Gasteiger partial charge in [0.25, 0.3) is 11.4 Å². The smallest absolute Gasteiger partial charge is 0.270 e. The zero-order valence-corrected chi connectivity index (χ0v) is 26.6. The summed E-state index contributed by atoms with van der Waals surface area (Å²) in [6, 6.07) is 17.8. The number of para-hydroxylation sites is 2. The molecule has 240 valence electrons. The fourth-order valence-corrected chi connectivity index (χ4v) is 6.18. The number of hydrogen-bond acceptors (Lipinski definition) is 8. The summed E-state index contributed by atoms with van der Waals surface area (Å²) in [7, 11) is 0. The zero-order valence-electron chi connectivity index (χ0n) is 26.6. The summed E-state index contributed by atoms with van der Waals surface area (Å²) in [6.07, 6.45) is 1.24. The van der Waals surface area contributed by atoms with Crippen LogP contribution in [0.3, 0.4) is 0 Å². The van der Waals surface area contributed by atoms with E-state index in [-0.39, 0.29) is 21.2 Å². The molecule has 1 aliphatic rings. The first-order valence-electron chi connectivity index (χ1n) is 15.6. The molecule has 46 heavy (non-hydrogen) atoms. The number of benzene rings is 4. The van der Waals surface area contributed by atoms with Crippen molar-refractivity contribution in [3.8, 4) is 23.0 Å². The van der Waals surface area contributed by atoms with Crippen molar-refractivity contribution in [1.29, 1.82) is 0 Å². The number of fused-ring (bicyclic) bond motifs is 8. The predicted molar refractivity (Wildman–Crippen MR) is 175 cm³/mol. The summed E-state index contributed by atoms with van der Waals surface area (Å²) in [5, 5.41) is 24.3. The number of rotatable bonds is 10. The molecule has 0 N–H and O–H groups in total. The van der Waals surface area contributed by atoms with Crippen molar-refractivity contribution in [2.45, 2.75) is 53.4 Å². The monoisotopic (exact) mass is 626 g/mol. The summed E-state index contributed by atoms with van der Waals surface area (Å²) >= 11 is 0. The third-order valence-electron chi connectivity index (χ3n) is 7.91. The molecular weight excluding hydrogens is 588 g/mol. The van der Waals surface area contributed by atoms with Crippen molar-refractivity contribution in [3.63, 3.8) is 0 Å². The molecule has 0 aromatic heterocycles. The minimum atomic E-state index is -0.380. The molecule has 1 aliphatic carbocycles. The van der Waals surface area contributed by atoms with E-state index in [4.69, 9.17) is 18.9 Å². The molecule has 0 heterocycles. The van der Waals surface area contributed by atoms with Gasteiger partial charge in [-0.25, -0.2) is 0 Å². The van der Waals surface area contributed by atoms with Gasteiger partial charge in [-0.1, -0.05) is 36.4 Å². The predicted octanol–water partition coefficient (Wildman–Crippen LogP) is 7.77. The Morgan fingerprint density at radius 2 is 0.717 bits per heavy atom. The topological polar surface area (TPSA) is 123 Å². The number of nitro groups is 2. The number of non-ortho nitro benzene ring substituents is 2. The van der Waals surface area contributed by atoms with Crippen LogP contribution in [0.2, 0.25) is 0 Å². The molecule has 0 unspecified atom stereocenters. The number of ether oxygens (including phenoxy) is 4. The van der Waals surface area contributed by atoms with Gasteiger partial charge in [-0.05, 0) is 49.9 Å². The molecule has 0 amide bonds. The molecule has 10 nitrogen and oxygen atoms in total. The lowest BCUT2D eigenvalue weighted by Crippen LogP contribution is -2.10. The van der Waals surface area contributed by atoms with Gasteiger partial charge in [0, 0.05) is 72.2 Å². The van der Waals surface area contributed by atoms with Crippen molar-refractivity contribution in [2.75, 3.05) is 26.4 Å². The van der Waals surface area contributed by atoms with E-state index in [1.54, 1.807) is 24.3 Å². The Labute approximate surface area is 268 Å². The molecule has 0 aliphatic heterocycles. The molecule has 0 saturated carbocycles. The Balaban J connectivity index is 1.86. The molecule has 0 fully saturated rings. The second kappa shape index (κ2) is 14.3. The van der Waals surface area contributed by atoms with Crippen molar-refractivity contribution in [1.82, 2.24) is 0 Å². The Bertz CT molecular complexity index is 1550. The molecule has 0 spiro atoms. The third-order valence-corrected chi connectivity index (χ3v) is 7.91. The zero-order chi connectivity index (χ0) is 32.8. The van der Waals surface area contributed by atoms with Crippen molar-refractivity contribution >= 4 is 11.4 Å². The van der Waals surface area contributed by atoms with E-state index in [9.17, 15) is 20.2 Å². The fourth-order valence-electron chi connectivity index (χ4n) is 6.18. The highest BCUT2D eigenvalue weighted by Gasteiger charge is 2.25. The summed E-state index contributed by atoms with van der Waals surface area (Å²) in [6.45, 7) is 9.09. The molecule has 0 saturated heterocycles. The van der Waals surface area contributed by atoms with E-state index in [2.05, 4.69) is 0 Å². The maximum absolute atomic E-state index is 12.2. The summed E-state index contributed by atoms with van der Waals surface area (Å²) in [5.41, 5.74) is 5.88. The van der Waals surface area contributed by atoms with E-state index in [0.717, 1.165) is 22.3 Å². The lowest BCUT2D eigenvalue weighted by Gasteiger charge is -2.22. The van der Waals surface area contributed by atoms with Crippen molar-refractivity contribution in [3.05, 3.63) is 125 Å². The second-order valence-corrected chi connectivity index (χ2v) is 11.0. The van der Waals surface area contributed by atoms with E-state index < -0.39 is 0 Å². The van der Waals surface area contributed by atoms with Crippen LogP contribution in [-0.2, 0) is 25.7 Å². The second-order valence-electron chi connectivity index (χ2n) is 11.0. The Hall–Kier alpha value is -5.12. The average molecular weight is 627 g/mol. The Morgan fingerprint density at radius 3 is 0.935 bits per heavy atom. The fraction of sp³-hybridized carbons (Fsp3) is 0.333. The maximum atomic E-state index is 12.2. The van der Waals surface area contributed by atoms with Crippen molar-refractivity contribution in [2.24, 2.45) is 0 Å². The van der Waals surface area contributed by atoms with Crippen LogP contribution in [0, 0.1) is 20.2 Å². The lowest BCUT2D eigenvalue weighted by atomic mass is 9.90. The van der Waals surface area contributed by atoms with Crippen LogP contribution in [0.25, 0.3) is 0 Å². The van der Waals surface area contributed by atoms with Gasteiger partial charge in [-0.3, -0.25) is 20.2 Å². The quantitative estimate of drug-likeness (QED) is 0.114. The van der Waals surface area contributed by atoms with Crippen LogP contribution in [0.4, 0.5) is 11.4 Å². The minimum Gasteiger partial charge on any atom is -0.493 e. The number of nitrogens with zero attached hydrogens (tertiary/aromatic N) is 2. The SMILES string of the molecule is CCOc1c2cccc1Cc1cc([N+](=O)[O-])cc(c1OCC)Cc1cccc(c1OCC)Cc1cc([N+](=O)[O-])cc(c1OCC)C2. The van der Waals surface area contributed by atoms with Crippen LogP contribution in [-0.4, -0.2) is 36.3 Å². The minimum absolute atomic E-state index is 0.0264. The van der Waals surface area contributed by atoms with Crippen LogP contribution < -0.4 is 18.9 Å². The standard InChI is InChI=1S/C36H38N2O8/c1-5-43-33-23-11-9-12-24(33)16-28-20-32(38(41)42)22-30(36(28)46-8-4)18-26-14-10-13-25(34(26)44-6-2)17-29-21-31(37(39)40)19-27(15-23)35(29)45-7-3/h9-14,19-22H,5-8,15-18H2,1-4H3. The average Bonchev–Trinajstić information content (AvgIpc) is 3.02. The first-order valence-corrected chi connectivity index (χ1v) is 15.6. The molecule has 5 rings (SSSR count). The summed E-state index contributed by atoms with van der Waals surface area (Å²) in [5.74, 6) is 2.46. The van der Waals surface area contributed by atoms with E-state index in [0.29, 0.717) is 97.4 Å². The molecule has 4 aromatic carbocycles. The summed E-state index contributed by atoms with van der Waals surface area (Å²) < 4.78 is 24.9. The molecule has 4 aromatic rings. The van der Waals surface area contributed by atoms with Gasteiger partial charge in [-0.15, -0.1) is 0 Å². The van der Waals surface area contributed by atoms with Gasteiger partial charge in [0.2, 0.25) is 0 Å². The highest BCUT2D eigenvalue weighted by Crippen LogP contribution is 2.41. The first kappa shape index (κ1) is 32.3. The van der Waals surface area contributed by atoms with Gasteiger partial charge in [0.1, 0.15) is 23.0 Å². The first-order chi connectivity index (χ1) is 22.3. The van der Waals surface area contributed by atoms with Crippen LogP contribution in [0.15, 0.2) is 60.7 Å². The summed E-state index contributed by atoms with van der Waals surface area (Å²) in [4.78, 5) is 23.6. The normalized spacial score (nSPS) is 12.3. The van der Waals surface area contributed by atoms with Gasteiger partial charge < -0.3 is 18.9 Å². The number of nitro benzene ring substituents is 2. The largest absolute Gasteiger partial charge is 0.493 e. The molecule has 0 radical (unpaired) electrons. The van der Waals surface area contributed by atoms with E-state index in [1.807, 2.05) is 64.1 Å². The van der Waals surface area contributed by atoms with Crippen LogP contribution >= 0.6 is 0 Å². The van der Waals surface area contributed by atoms with Gasteiger partial charge in [0.15, 0.2) is 0 Å². The molecule has 10 heteroatoms. The van der Waals surface area contributed by atoms with Crippen LogP contribution in [0.5, 0.6) is 23.0 Å². The highest BCUT2D eigenvalue weighted by atomic mass is 16.6. The van der Waals surface area contributed by atoms with Crippen LogP contribution in [0.1, 0.15) is 72.2 Å². The number of hydrogen-bond donors (Lipinski definition) is 0. The van der Waals surface area contributed by atoms with Gasteiger partial charge >= 0.3 is 0 Å². The Morgan fingerprint density at radius 1 is 0.478 bits per heavy atom. The lowest BCUT2D eigenvalue weighted by molar-refractivity contribution is -0.385. The van der Waals surface area contributed by atoms with E-state index >= 15 is 0 Å². The third kappa shape index (κ3) is 6.75. The van der Waals surface area contributed by atoms with Gasteiger partial charge in [0.05, 0.1) is 36.3 Å². The highest BCUT2D eigenvalue weighted by molar-refractivity contribution is 5.59.